The van der Waals surface area contributed by atoms with Gasteiger partial charge in [-0.25, -0.2) is 0 Å². The maximum Gasteiger partial charge on any atom is 0.183 e. The van der Waals surface area contributed by atoms with Crippen molar-refractivity contribution in [1.29, 1.82) is 0 Å². The Morgan fingerprint density at radius 3 is 2.63 bits per heavy atom. The predicted molar refractivity (Wildman–Crippen MR) is 71.8 cm³/mol. The average molecular weight is 250 g/mol. The summed E-state index contributed by atoms with van der Waals surface area (Å²) in [4.78, 5) is 12.3. The van der Waals surface area contributed by atoms with Gasteiger partial charge in [0, 0.05) is 6.42 Å². The summed E-state index contributed by atoms with van der Waals surface area (Å²) in [5, 5.41) is 0. The van der Waals surface area contributed by atoms with Crippen LogP contribution < -0.4 is 0 Å². The minimum absolute atomic E-state index is 0.107. The van der Waals surface area contributed by atoms with Crippen molar-refractivity contribution in [1.82, 2.24) is 0 Å². The van der Waals surface area contributed by atoms with Gasteiger partial charge in [0.1, 0.15) is 6.10 Å². The molecule has 2 unspecified atom stereocenters. The second kappa shape index (κ2) is 3.55. The zero-order valence-corrected chi connectivity index (χ0v) is 10.7. The summed E-state index contributed by atoms with van der Waals surface area (Å²) in [6, 6.07) is 16.3. The molecule has 0 bridgehead atoms. The average Bonchev–Trinajstić information content (AvgIpc) is 3.10. The predicted octanol–water partition coefficient (Wildman–Crippen LogP) is 3.09. The van der Waals surface area contributed by atoms with E-state index in [1.54, 1.807) is 0 Å². The minimum atomic E-state index is -0.689. The third kappa shape index (κ3) is 1.38. The molecule has 2 aromatic rings. The molecule has 2 heteroatoms. The molecule has 1 spiro atoms. The number of aryl methyl sites for hydroxylation is 1. The molecule has 0 amide bonds. The van der Waals surface area contributed by atoms with Crippen LogP contribution >= 0.6 is 0 Å². The molecule has 0 radical (unpaired) electrons. The summed E-state index contributed by atoms with van der Waals surface area (Å²) in [6.07, 6.45) is 0.391. The van der Waals surface area contributed by atoms with E-state index < -0.39 is 5.60 Å². The molecule has 1 heterocycles. The summed E-state index contributed by atoms with van der Waals surface area (Å²) in [7, 11) is 0. The highest BCUT2D eigenvalue weighted by atomic mass is 16.6. The first kappa shape index (κ1) is 10.9. The zero-order valence-electron chi connectivity index (χ0n) is 10.7. The zero-order chi connectivity index (χ0) is 13.0. The van der Waals surface area contributed by atoms with Crippen LogP contribution in [0.5, 0.6) is 0 Å². The summed E-state index contributed by atoms with van der Waals surface area (Å²) in [5.41, 5.74) is 3.80. The van der Waals surface area contributed by atoms with Crippen LogP contribution in [0.15, 0.2) is 48.5 Å². The van der Waals surface area contributed by atoms with Crippen LogP contribution in [0.3, 0.4) is 0 Å². The SMILES string of the molecule is Cc1ccc(C2OC23C(=O)Cc2ccccc23)cc1. The quantitative estimate of drug-likeness (QED) is 0.728. The Labute approximate surface area is 112 Å². The number of hydrogen-bond donors (Lipinski definition) is 0. The molecule has 2 nitrogen and oxygen atoms in total. The molecule has 4 rings (SSSR count). The van der Waals surface area contributed by atoms with E-state index >= 15 is 0 Å². The Morgan fingerprint density at radius 1 is 1.11 bits per heavy atom. The Kier molecular flexibility index (Phi) is 2.04. The van der Waals surface area contributed by atoms with Crippen molar-refractivity contribution in [2.45, 2.75) is 25.0 Å². The van der Waals surface area contributed by atoms with Gasteiger partial charge in [-0.05, 0) is 23.6 Å². The molecule has 94 valence electrons. The fourth-order valence-corrected chi connectivity index (χ4v) is 3.10. The van der Waals surface area contributed by atoms with E-state index in [0.717, 1.165) is 16.7 Å². The molecular formula is C17H14O2. The molecule has 0 N–H and O–H groups in total. The molecule has 1 fully saturated rings. The van der Waals surface area contributed by atoms with Crippen molar-refractivity contribution in [3.05, 3.63) is 70.8 Å². The number of ether oxygens (including phenoxy) is 1. The van der Waals surface area contributed by atoms with Gasteiger partial charge in [-0.2, -0.15) is 0 Å². The van der Waals surface area contributed by atoms with Crippen molar-refractivity contribution in [2.24, 2.45) is 0 Å². The molecule has 2 aliphatic rings. The molecular weight excluding hydrogens is 236 g/mol. The third-order valence-corrected chi connectivity index (χ3v) is 4.18. The summed E-state index contributed by atoms with van der Waals surface area (Å²) < 4.78 is 5.88. The van der Waals surface area contributed by atoms with Gasteiger partial charge in [0.05, 0.1) is 0 Å². The lowest BCUT2D eigenvalue weighted by Crippen LogP contribution is -2.17. The number of rotatable bonds is 1. The lowest BCUT2D eigenvalue weighted by atomic mass is 9.92. The van der Waals surface area contributed by atoms with E-state index in [1.807, 2.05) is 24.3 Å². The highest BCUT2D eigenvalue weighted by Crippen LogP contribution is 2.61. The Bertz CT molecular complexity index is 672. The van der Waals surface area contributed by atoms with E-state index in [-0.39, 0.29) is 11.9 Å². The maximum absolute atomic E-state index is 12.3. The molecule has 0 aromatic heterocycles. The topological polar surface area (TPSA) is 29.6 Å². The standard InChI is InChI=1S/C17H14O2/c1-11-6-8-12(9-7-11)16-17(19-16)14-5-3-2-4-13(14)10-15(17)18/h2-9,16H,10H2,1H3. The summed E-state index contributed by atoms with van der Waals surface area (Å²) in [6.45, 7) is 2.06. The lowest BCUT2D eigenvalue weighted by molar-refractivity contribution is -0.122. The van der Waals surface area contributed by atoms with E-state index in [1.165, 1.54) is 5.56 Å². The fourth-order valence-electron chi connectivity index (χ4n) is 3.10. The second-order valence-corrected chi connectivity index (χ2v) is 5.40. The van der Waals surface area contributed by atoms with Crippen molar-refractivity contribution < 1.29 is 9.53 Å². The van der Waals surface area contributed by atoms with Gasteiger partial charge in [0.2, 0.25) is 0 Å². The molecule has 0 saturated carbocycles. The largest absolute Gasteiger partial charge is 0.347 e. The van der Waals surface area contributed by atoms with Gasteiger partial charge >= 0.3 is 0 Å². The number of carbonyl (C=O) groups excluding carboxylic acids is 1. The Balaban J connectivity index is 1.78. The number of benzene rings is 2. The Morgan fingerprint density at radius 2 is 1.84 bits per heavy atom. The van der Waals surface area contributed by atoms with Crippen molar-refractivity contribution >= 4 is 5.78 Å². The number of hydrogen-bond acceptors (Lipinski definition) is 2. The number of Topliss-reactive ketones (excluding diaryl/α,β-unsaturated/α-hetero) is 1. The number of ketones is 1. The van der Waals surface area contributed by atoms with Crippen LogP contribution in [0.2, 0.25) is 0 Å². The first-order valence-corrected chi connectivity index (χ1v) is 6.58. The van der Waals surface area contributed by atoms with E-state index in [0.29, 0.717) is 6.42 Å². The number of epoxide rings is 1. The number of fused-ring (bicyclic) bond motifs is 2. The molecule has 2 atom stereocenters. The van der Waals surface area contributed by atoms with Crippen LogP contribution in [0.1, 0.15) is 28.4 Å². The van der Waals surface area contributed by atoms with Crippen molar-refractivity contribution in [3.8, 4) is 0 Å². The third-order valence-electron chi connectivity index (χ3n) is 4.18. The first-order valence-electron chi connectivity index (χ1n) is 6.58. The normalized spacial score (nSPS) is 27.6. The van der Waals surface area contributed by atoms with Crippen LogP contribution in [0, 0.1) is 6.92 Å². The number of carbonyl (C=O) groups is 1. The van der Waals surface area contributed by atoms with Gasteiger partial charge in [0.15, 0.2) is 11.4 Å². The molecule has 1 aliphatic heterocycles. The fraction of sp³-hybridized carbons (Fsp3) is 0.235. The van der Waals surface area contributed by atoms with E-state index in [2.05, 4.69) is 31.2 Å². The van der Waals surface area contributed by atoms with Crippen molar-refractivity contribution in [2.75, 3.05) is 0 Å². The van der Waals surface area contributed by atoms with Gasteiger partial charge in [-0.1, -0.05) is 54.1 Å². The highest BCUT2D eigenvalue weighted by Gasteiger charge is 2.66. The van der Waals surface area contributed by atoms with Gasteiger partial charge in [-0.15, -0.1) is 0 Å². The van der Waals surface area contributed by atoms with E-state index in [4.69, 9.17) is 4.74 Å². The maximum atomic E-state index is 12.3. The van der Waals surface area contributed by atoms with Gasteiger partial charge in [0.25, 0.3) is 0 Å². The molecule has 1 aliphatic carbocycles. The van der Waals surface area contributed by atoms with Gasteiger partial charge < -0.3 is 4.74 Å². The van der Waals surface area contributed by atoms with Crippen molar-refractivity contribution in [3.63, 3.8) is 0 Å². The van der Waals surface area contributed by atoms with Crippen LogP contribution in [0.4, 0.5) is 0 Å². The molecule has 1 saturated heterocycles. The second-order valence-electron chi connectivity index (χ2n) is 5.40. The highest BCUT2D eigenvalue weighted by molar-refractivity contribution is 5.98. The minimum Gasteiger partial charge on any atom is -0.347 e. The van der Waals surface area contributed by atoms with Crippen LogP contribution in [0.25, 0.3) is 0 Å². The summed E-state index contributed by atoms with van der Waals surface area (Å²) in [5.74, 6) is 0.194. The van der Waals surface area contributed by atoms with Crippen LogP contribution in [-0.2, 0) is 21.6 Å². The summed E-state index contributed by atoms with van der Waals surface area (Å²) >= 11 is 0. The monoisotopic (exact) mass is 250 g/mol. The lowest BCUT2D eigenvalue weighted by Gasteiger charge is -2.05. The Hall–Kier alpha value is -1.93. The van der Waals surface area contributed by atoms with E-state index in [9.17, 15) is 4.79 Å². The molecule has 19 heavy (non-hydrogen) atoms. The first-order chi connectivity index (χ1) is 9.22. The van der Waals surface area contributed by atoms with Gasteiger partial charge in [-0.3, -0.25) is 4.79 Å². The van der Waals surface area contributed by atoms with Crippen LogP contribution in [-0.4, -0.2) is 5.78 Å². The smallest absolute Gasteiger partial charge is 0.183 e. The molecule has 2 aromatic carbocycles.